The van der Waals surface area contributed by atoms with E-state index in [9.17, 15) is 10.1 Å². The van der Waals surface area contributed by atoms with E-state index in [0.29, 0.717) is 17.1 Å². The minimum atomic E-state index is -0.369. The highest BCUT2D eigenvalue weighted by molar-refractivity contribution is 5.53. The van der Waals surface area contributed by atoms with E-state index in [4.69, 9.17) is 5.73 Å². The van der Waals surface area contributed by atoms with Crippen LogP contribution in [0.5, 0.6) is 0 Å². The SMILES string of the molecule is Cc1ccc(-n2nc(N)c3c2CCC3)cc1[N+](=O)[O-]. The zero-order chi connectivity index (χ0) is 13.6. The molecule has 0 atom stereocenters. The summed E-state index contributed by atoms with van der Waals surface area (Å²) in [5.41, 5.74) is 9.51. The molecule has 19 heavy (non-hydrogen) atoms. The van der Waals surface area contributed by atoms with Crippen molar-refractivity contribution >= 4 is 11.5 Å². The van der Waals surface area contributed by atoms with E-state index >= 15 is 0 Å². The van der Waals surface area contributed by atoms with Gasteiger partial charge in [-0.1, -0.05) is 6.07 Å². The van der Waals surface area contributed by atoms with Crippen molar-refractivity contribution in [1.82, 2.24) is 9.78 Å². The topological polar surface area (TPSA) is 87.0 Å². The molecule has 2 N–H and O–H groups in total. The van der Waals surface area contributed by atoms with Crippen LogP contribution in [0.1, 0.15) is 23.2 Å². The maximum atomic E-state index is 11.0. The van der Waals surface area contributed by atoms with Gasteiger partial charge in [0.05, 0.1) is 10.6 Å². The first-order valence-electron chi connectivity index (χ1n) is 6.19. The minimum absolute atomic E-state index is 0.110. The molecule has 0 bridgehead atoms. The van der Waals surface area contributed by atoms with Gasteiger partial charge >= 0.3 is 0 Å². The molecule has 0 radical (unpaired) electrons. The Morgan fingerprint density at radius 3 is 2.95 bits per heavy atom. The zero-order valence-electron chi connectivity index (χ0n) is 10.6. The van der Waals surface area contributed by atoms with Crippen molar-refractivity contribution in [3.63, 3.8) is 0 Å². The number of fused-ring (bicyclic) bond motifs is 1. The summed E-state index contributed by atoms with van der Waals surface area (Å²) in [6.07, 6.45) is 2.92. The van der Waals surface area contributed by atoms with Gasteiger partial charge in [-0.2, -0.15) is 5.10 Å². The van der Waals surface area contributed by atoms with Gasteiger partial charge in [0.2, 0.25) is 0 Å². The molecule has 0 aliphatic heterocycles. The van der Waals surface area contributed by atoms with Gasteiger partial charge < -0.3 is 5.73 Å². The molecule has 0 spiro atoms. The molecule has 0 saturated carbocycles. The third kappa shape index (κ3) is 1.76. The largest absolute Gasteiger partial charge is 0.382 e. The van der Waals surface area contributed by atoms with E-state index in [1.807, 2.05) is 6.07 Å². The number of nitrogens with two attached hydrogens (primary N) is 1. The lowest BCUT2D eigenvalue weighted by Crippen LogP contribution is -2.03. The Morgan fingerprint density at radius 1 is 1.42 bits per heavy atom. The Balaban J connectivity index is 2.15. The van der Waals surface area contributed by atoms with E-state index in [2.05, 4.69) is 5.10 Å². The second kappa shape index (κ2) is 4.08. The molecule has 0 saturated heterocycles. The summed E-state index contributed by atoms with van der Waals surface area (Å²) in [4.78, 5) is 10.6. The quantitative estimate of drug-likeness (QED) is 0.660. The van der Waals surface area contributed by atoms with Gasteiger partial charge in [-0.15, -0.1) is 0 Å². The smallest absolute Gasteiger partial charge is 0.274 e. The molecule has 6 heteroatoms. The molecule has 6 nitrogen and oxygen atoms in total. The van der Waals surface area contributed by atoms with Crippen molar-refractivity contribution in [1.29, 1.82) is 0 Å². The maximum absolute atomic E-state index is 11.0. The first kappa shape index (κ1) is 11.7. The number of aromatic nitrogens is 2. The van der Waals surface area contributed by atoms with Crippen LogP contribution < -0.4 is 5.73 Å². The molecule has 98 valence electrons. The summed E-state index contributed by atoms with van der Waals surface area (Å²) in [5, 5.41) is 15.3. The number of rotatable bonds is 2. The summed E-state index contributed by atoms with van der Waals surface area (Å²) in [6.45, 7) is 1.73. The summed E-state index contributed by atoms with van der Waals surface area (Å²) in [6, 6.07) is 5.14. The molecule has 2 aromatic rings. The lowest BCUT2D eigenvalue weighted by atomic mass is 10.2. The van der Waals surface area contributed by atoms with Gasteiger partial charge in [-0.25, -0.2) is 4.68 Å². The minimum Gasteiger partial charge on any atom is -0.382 e. The first-order chi connectivity index (χ1) is 9.08. The number of aryl methyl sites for hydroxylation is 1. The highest BCUT2D eigenvalue weighted by Crippen LogP contribution is 2.30. The van der Waals surface area contributed by atoms with Crippen molar-refractivity contribution in [3.05, 3.63) is 45.1 Å². The monoisotopic (exact) mass is 258 g/mol. The molecule has 0 unspecified atom stereocenters. The molecule has 0 amide bonds. The van der Waals surface area contributed by atoms with Crippen LogP contribution in [0.4, 0.5) is 11.5 Å². The van der Waals surface area contributed by atoms with E-state index in [0.717, 1.165) is 30.5 Å². The highest BCUT2D eigenvalue weighted by atomic mass is 16.6. The van der Waals surface area contributed by atoms with Gasteiger partial charge in [-0.3, -0.25) is 10.1 Å². The van der Waals surface area contributed by atoms with Crippen LogP contribution in [0.15, 0.2) is 18.2 Å². The van der Waals surface area contributed by atoms with Gasteiger partial charge in [0, 0.05) is 22.9 Å². The summed E-state index contributed by atoms with van der Waals surface area (Å²) in [5.74, 6) is 0.538. The van der Waals surface area contributed by atoms with Gasteiger partial charge in [0.1, 0.15) is 5.82 Å². The maximum Gasteiger partial charge on any atom is 0.274 e. The third-order valence-corrected chi connectivity index (χ3v) is 3.60. The number of nitrogen functional groups attached to an aromatic ring is 1. The fourth-order valence-corrected chi connectivity index (χ4v) is 2.61. The van der Waals surface area contributed by atoms with Gasteiger partial charge in [0.25, 0.3) is 5.69 Å². The van der Waals surface area contributed by atoms with Crippen molar-refractivity contribution in [2.45, 2.75) is 26.2 Å². The number of anilines is 1. The molecule has 1 heterocycles. The predicted octanol–water partition coefficient (Wildman–Crippen LogP) is 2.16. The van der Waals surface area contributed by atoms with Crippen molar-refractivity contribution in [2.24, 2.45) is 0 Å². The molecule has 1 aliphatic carbocycles. The lowest BCUT2D eigenvalue weighted by molar-refractivity contribution is -0.385. The van der Waals surface area contributed by atoms with Crippen LogP contribution in [0.25, 0.3) is 5.69 Å². The second-order valence-corrected chi connectivity index (χ2v) is 4.80. The Bertz CT molecular complexity index is 676. The van der Waals surface area contributed by atoms with Crippen molar-refractivity contribution < 1.29 is 4.92 Å². The van der Waals surface area contributed by atoms with Gasteiger partial charge in [0.15, 0.2) is 0 Å². The van der Waals surface area contributed by atoms with Crippen LogP contribution in [0.2, 0.25) is 0 Å². The van der Waals surface area contributed by atoms with E-state index in [1.54, 1.807) is 23.7 Å². The van der Waals surface area contributed by atoms with Crippen molar-refractivity contribution in [2.75, 3.05) is 5.73 Å². The fourth-order valence-electron chi connectivity index (χ4n) is 2.61. The van der Waals surface area contributed by atoms with Crippen LogP contribution in [0, 0.1) is 17.0 Å². The number of nitro groups is 1. The predicted molar refractivity (Wildman–Crippen MR) is 71.4 cm³/mol. The number of nitro benzene ring substituents is 1. The Hall–Kier alpha value is -2.37. The number of nitrogens with zero attached hydrogens (tertiary/aromatic N) is 3. The van der Waals surface area contributed by atoms with Crippen LogP contribution in [-0.4, -0.2) is 14.7 Å². The standard InChI is InChI=1S/C13H14N4O2/c1-8-5-6-9(7-12(8)17(18)19)16-11-4-2-3-10(11)13(14)15-16/h5-7H,2-4H2,1H3,(H2,14,15). The number of benzene rings is 1. The summed E-state index contributed by atoms with van der Waals surface area (Å²) < 4.78 is 1.74. The van der Waals surface area contributed by atoms with Crippen LogP contribution in [0.3, 0.4) is 0 Å². The average molecular weight is 258 g/mol. The van der Waals surface area contributed by atoms with Crippen LogP contribution in [-0.2, 0) is 12.8 Å². The van der Waals surface area contributed by atoms with Gasteiger partial charge in [-0.05, 0) is 32.3 Å². The summed E-state index contributed by atoms with van der Waals surface area (Å²) >= 11 is 0. The average Bonchev–Trinajstić information content (AvgIpc) is 2.94. The highest BCUT2D eigenvalue weighted by Gasteiger charge is 2.22. The normalized spacial score (nSPS) is 13.5. The molecular weight excluding hydrogens is 244 g/mol. The molecule has 3 rings (SSSR count). The first-order valence-corrected chi connectivity index (χ1v) is 6.19. The van der Waals surface area contributed by atoms with E-state index in [1.165, 1.54) is 0 Å². The fraction of sp³-hybridized carbons (Fsp3) is 0.308. The molecule has 1 aromatic carbocycles. The third-order valence-electron chi connectivity index (χ3n) is 3.60. The molecular formula is C13H14N4O2. The Kier molecular flexibility index (Phi) is 2.51. The molecule has 0 fully saturated rings. The molecule has 1 aromatic heterocycles. The van der Waals surface area contributed by atoms with Crippen LogP contribution >= 0.6 is 0 Å². The lowest BCUT2D eigenvalue weighted by Gasteiger charge is -2.06. The Morgan fingerprint density at radius 2 is 2.21 bits per heavy atom. The molecule has 1 aliphatic rings. The van der Waals surface area contributed by atoms with E-state index < -0.39 is 0 Å². The summed E-state index contributed by atoms with van der Waals surface area (Å²) in [7, 11) is 0. The number of hydrogen-bond acceptors (Lipinski definition) is 4. The van der Waals surface area contributed by atoms with Crippen molar-refractivity contribution in [3.8, 4) is 5.69 Å². The Labute approximate surface area is 110 Å². The zero-order valence-corrected chi connectivity index (χ0v) is 10.6. The van der Waals surface area contributed by atoms with E-state index in [-0.39, 0.29) is 10.6 Å². The second-order valence-electron chi connectivity index (χ2n) is 4.80. The number of hydrogen-bond donors (Lipinski definition) is 1.